The quantitative estimate of drug-likeness (QED) is 0.741. The molecule has 3 rings (SSSR count). The van der Waals surface area contributed by atoms with Crippen molar-refractivity contribution < 1.29 is 9.47 Å². The fraction of sp³-hybridized carbons (Fsp3) is 0.154. The topological polar surface area (TPSA) is 62.1 Å². The minimum atomic E-state index is 0.384. The second kappa shape index (κ2) is 4.97. The molecule has 7 heteroatoms. The SMILES string of the molecule is COc1ccc2c(OC)nc(-n3cccn3)nc2c1Cl. The van der Waals surface area contributed by atoms with Crippen LogP contribution in [0.1, 0.15) is 0 Å². The molecule has 0 fully saturated rings. The number of nitrogens with zero attached hydrogens (tertiary/aromatic N) is 4. The minimum Gasteiger partial charge on any atom is -0.495 e. The fourth-order valence-electron chi connectivity index (χ4n) is 1.91. The van der Waals surface area contributed by atoms with Crippen molar-refractivity contribution in [2.75, 3.05) is 14.2 Å². The molecule has 102 valence electrons. The zero-order valence-corrected chi connectivity index (χ0v) is 11.6. The van der Waals surface area contributed by atoms with Crippen LogP contribution in [0.15, 0.2) is 30.6 Å². The molecule has 0 aliphatic heterocycles. The highest BCUT2D eigenvalue weighted by molar-refractivity contribution is 6.36. The van der Waals surface area contributed by atoms with E-state index in [1.165, 1.54) is 4.68 Å². The number of hydrogen-bond acceptors (Lipinski definition) is 5. The number of benzene rings is 1. The van der Waals surface area contributed by atoms with Gasteiger partial charge < -0.3 is 9.47 Å². The van der Waals surface area contributed by atoms with Gasteiger partial charge in [-0.3, -0.25) is 0 Å². The molecule has 0 N–H and O–H groups in total. The number of fused-ring (bicyclic) bond motifs is 1. The van der Waals surface area contributed by atoms with Crippen molar-refractivity contribution in [1.29, 1.82) is 0 Å². The third-order valence-corrected chi connectivity index (χ3v) is 3.21. The van der Waals surface area contributed by atoms with Crippen LogP contribution in [0.4, 0.5) is 0 Å². The Morgan fingerprint density at radius 2 is 2.00 bits per heavy atom. The number of aromatic nitrogens is 4. The number of rotatable bonds is 3. The normalized spacial score (nSPS) is 10.8. The molecule has 0 aliphatic rings. The van der Waals surface area contributed by atoms with E-state index in [-0.39, 0.29) is 0 Å². The van der Waals surface area contributed by atoms with E-state index in [4.69, 9.17) is 21.1 Å². The first kappa shape index (κ1) is 12.7. The first-order valence-corrected chi connectivity index (χ1v) is 6.20. The molecule has 0 saturated heterocycles. The Balaban J connectivity index is 2.33. The van der Waals surface area contributed by atoms with Gasteiger partial charge in [0.15, 0.2) is 0 Å². The summed E-state index contributed by atoms with van der Waals surface area (Å²) in [5.41, 5.74) is 0.559. The lowest BCUT2D eigenvalue weighted by Crippen LogP contribution is -2.04. The van der Waals surface area contributed by atoms with Crippen molar-refractivity contribution >= 4 is 22.5 Å². The van der Waals surface area contributed by atoms with Crippen LogP contribution in [-0.4, -0.2) is 34.0 Å². The number of hydrogen-bond donors (Lipinski definition) is 0. The standard InChI is InChI=1S/C13H11ClN4O2/c1-19-9-5-4-8-11(10(9)14)16-13(17-12(8)20-2)18-7-3-6-15-18/h3-7H,1-2H3. The summed E-state index contributed by atoms with van der Waals surface area (Å²) in [6, 6.07) is 5.35. The van der Waals surface area contributed by atoms with E-state index in [2.05, 4.69) is 15.1 Å². The molecule has 1 aromatic carbocycles. The van der Waals surface area contributed by atoms with E-state index in [1.807, 2.05) is 6.07 Å². The van der Waals surface area contributed by atoms with Crippen molar-refractivity contribution in [3.8, 4) is 17.6 Å². The van der Waals surface area contributed by atoms with Crippen molar-refractivity contribution in [3.63, 3.8) is 0 Å². The Morgan fingerprint density at radius 3 is 2.65 bits per heavy atom. The fourth-order valence-corrected chi connectivity index (χ4v) is 2.19. The van der Waals surface area contributed by atoms with Gasteiger partial charge in [-0.15, -0.1) is 0 Å². The maximum atomic E-state index is 6.30. The minimum absolute atomic E-state index is 0.384. The van der Waals surface area contributed by atoms with Gasteiger partial charge >= 0.3 is 0 Å². The zero-order chi connectivity index (χ0) is 14.1. The van der Waals surface area contributed by atoms with Crippen molar-refractivity contribution in [3.05, 3.63) is 35.6 Å². The van der Waals surface area contributed by atoms with Gasteiger partial charge in [-0.2, -0.15) is 10.1 Å². The summed E-state index contributed by atoms with van der Waals surface area (Å²) < 4.78 is 12.0. The van der Waals surface area contributed by atoms with Crippen LogP contribution in [0.2, 0.25) is 5.02 Å². The molecule has 0 saturated carbocycles. The molecule has 0 amide bonds. The molecular formula is C13H11ClN4O2. The highest BCUT2D eigenvalue weighted by Gasteiger charge is 2.15. The molecule has 2 aromatic heterocycles. The third-order valence-electron chi connectivity index (χ3n) is 2.85. The predicted molar refractivity (Wildman–Crippen MR) is 74.8 cm³/mol. The first-order chi connectivity index (χ1) is 9.74. The zero-order valence-electron chi connectivity index (χ0n) is 10.9. The molecule has 0 atom stereocenters. The lowest BCUT2D eigenvalue weighted by Gasteiger charge is -2.10. The highest BCUT2D eigenvalue weighted by atomic mass is 35.5. The Morgan fingerprint density at radius 1 is 1.15 bits per heavy atom. The molecule has 0 unspecified atom stereocenters. The third kappa shape index (κ3) is 1.94. The molecule has 6 nitrogen and oxygen atoms in total. The summed E-state index contributed by atoms with van der Waals surface area (Å²) in [5.74, 6) is 1.37. The number of halogens is 1. The Kier molecular flexibility index (Phi) is 3.15. The van der Waals surface area contributed by atoms with E-state index in [0.717, 1.165) is 0 Å². The van der Waals surface area contributed by atoms with Crippen LogP contribution in [0.3, 0.4) is 0 Å². The lowest BCUT2D eigenvalue weighted by molar-refractivity contribution is 0.401. The Hall–Kier alpha value is -2.34. The molecule has 0 radical (unpaired) electrons. The largest absolute Gasteiger partial charge is 0.495 e. The van der Waals surface area contributed by atoms with Crippen molar-refractivity contribution in [1.82, 2.24) is 19.7 Å². The van der Waals surface area contributed by atoms with Crippen LogP contribution in [0.5, 0.6) is 11.6 Å². The maximum absolute atomic E-state index is 6.30. The van der Waals surface area contributed by atoms with Gasteiger partial charge in [0.05, 0.1) is 19.6 Å². The van der Waals surface area contributed by atoms with Gasteiger partial charge in [-0.25, -0.2) is 9.67 Å². The molecular weight excluding hydrogens is 280 g/mol. The van der Waals surface area contributed by atoms with Gasteiger partial charge in [0.2, 0.25) is 5.88 Å². The van der Waals surface area contributed by atoms with Crippen LogP contribution < -0.4 is 9.47 Å². The second-order valence-electron chi connectivity index (χ2n) is 3.96. The monoisotopic (exact) mass is 290 g/mol. The average molecular weight is 291 g/mol. The smallest absolute Gasteiger partial charge is 0.254 e. The predicted octanol–water partition coefficient (Wildman–Crippen LogP) is 2.49. The summed E-state index contributed by atoms with van der Waals surface area (Å²) in [6.07, 6.45) is 3.39. The summed E-state index contributed by atoms with van der Waals surface area (Å²) in [4.78, 5) is 8.76. The maximum Gasteiger partial charge on any atom is 0.254 e. The van der Waals surface area contributed by atoms with E-state index < -0.39 is 0 Å². The summed E-state index contributed by atoms with van der Waals surface area (Å²) in [7, 11) is 3.10. The molecule has 0 aliphatic carbocycles. The van der Waals surface area contributed by atoms with E-state index in [0.29, 0.717) is 33.5 Å². The van der Waals surface area contributed by atoms with Gasteiger partial charge in [0.1, 0.15) is 16.3 Å². The van der Waals surface area contributed by atoms with Crippen LogP contribution in [-0.2, 0) is 0 Å². The average Bonchev–Trinajstić information content (AvgIpc) is 3.01. The summed E-state index contributed by atoms with van der Waals surface area (Å²) in [6.45, 7) is 0. The number of methoxy groups -OCH3 is 2. The summed E-state index contributed by atoms with van der Waals surface area (Å²) >= 11 is 6.30. The van der Waals surface area contributed by atoms with Crippen molar-refractivity contribution in [2.45, 2.75) is 0 Å². The van der Waals surface area contributed by atoms with Gasteiger partial charge in [0, 0.05) is 12.4 Å². The van der Waals surface area contributed by atoms with Crippen LogP contribution in [0, 0.1) is 0 Å². The summed E-state index contributed by atoms with van der Waals surface area (Å²) in [5, 5.41) is 5.24. The molecule has 0 spiro atoms. The second-order valence-corrected chi connectivity index (χ2v) is 4.34. The lowest BCUT2D eigenvalue weighted by atomic mass is 10.2. The van der Waals surface area contributed by atoms with Gasteiger partial charge in [0.25, 0.3) is 5.95 Å². The first-order valence-electron chi connectivity index (χ1n) is 5.83. The molecule has 3 aromatic rings. The van der Waals surface area contributed by atoms with E-state index in [1.54, 1.807) is 38.7 Å². The number of ether oxygens (including phenoxy) is 2. The molecule has 2 heterocycles. The van der Waals surface area contributed by atoms with Gasteiger partial charge in [-0.1, -0.05) is 11.6 Å². The van der Waals surface area contributed by atoms with Gasteiger partial charge in [-0.05, 0) is 18.2 Å². The Bertz CT molecular complexity index is 759. The van der Waals surface area contributed by atoms with E-state index >= 15 is 0 Å². The molecule has 0 bridgehead atoms. The van der Waals surface area contributed by atoms with Crippen LogP contribution >= 0.6 is 11.6 Å². The Labute approximate surface area is 119 Å². The van der Waals surface area contributed by atoms with E-state index in [9.17, 15) is 0 Å². The molecule has 20 heavy (non-hydrogen) atoms. The van der Waals surface area contributed by atoms with Crippen molar-refractivity contribution in [2.24, 2.45) is 0 Å². The van der Waals surface area contributed by atoms with Crippen LogP contribution in [0.25, 0.3) is 16.9 Å². The highest BCUT2D eigenvalue weighted by Crippen LogP contribution is 2.35.